The Hall–Kier alpha value is -2.71. The first-order chi connectivity index (χ1) is 14.2. The Morgan fingerprint density at radius 3 is 2.17 bits per heavy atom. The van der Waals surface area contributed by atoms with Gasteiger partial charge in [0.25, 0.3) is 5.91 Å². The van der Waals surface area contributed by atoms with E-state index in [1.165, 1.54) is 19.1 Å². The number of rotatable bonds is 5. The molecule has 30 heavy (non-hydrogen) atoms. The van der Waals surface area contributed by atoms with Crippen molar-refractivity contribution in [2.75, 3.05) is 10.6 Å². The van der Waals surface area contributed by atoms with Crippen LogP contribution in [0.3, 0.4) is 0 Å². The molecule has 160 valence electrons. The average Bonchev–Trinajstić information content (AvgIpc) is 2.68. The summed E-state index contributed by atoms with van der Waals surface area (Å²) >= 11 is 0. The molecule has 1 heterocycles. The molecule has 2 aromatic carbocycles. The van der Waals surface area contributed by atoms with Crippen LogP contribution in [0.5, 0.6) is 0 Å². The lowest BCUT2D eigenvalue weighted by atomic mass is 10.0. The van der Waals surface area contributed by atoms with Gasteiger partial charge in [-0.2, -0.15) is 4.31 Å². The van der Waals surface area contributed by atoms with Gasteiger partial charge in [-0.3, -0.25) is 9.59 Å². The molecule has 0 spiro atoms. The van der Waals surface area contributed by atoms with E-state index in [9.17, 15) is 18.0 Å². The number of sulfonamides is 1. The van der Waals surface area contributed by atoms with Crippen LogP contribution in [-0.4, -0.2) is 36.6 Å². The second-order valence-electron chi connectivity index (χ2n) is 7.70. The first-order valence-electron chi connectivity index (χ1n) is 10.0. The quantitative estimate of drug-likeness (QED) is 0.755. The number of hydrogen-bond donors (Lipinski definition) is 2. The SMILES string of the molecule is CC(=O)Nc1cccc(C(=O)Nc2ccc(S(=O)(=O)N3[C@H](C)CCC[C@@H]3C)cc2)c1. The van der Waals surface area contributed by atoms with Crippen molar-refractivity contribution in [2.24, 2.45) is 0 Å². The van der Waals surface area contributed by atoms with Crippen molar-refractivity contribution >= 4 is 33.2 Å². The maximum absolute atomic E-state index is 13.1. The lowest BCUT2D eigenvalue weighted by Gasteiger charge is -2.37. The molecule has 0 aromatic heterocycles. The number of anilines is 2. The van der Waals surface area contributed by atoms with Gasteiger partial charge in [0.2, 0.25) is 15.9 Å². The molecule has 2 atom stereocenters. The number of amides is 2. The van der Waals surface area contributed by atoms with Crippen molar-refractivity contribution in [2.45, 2.75) is 57.0 Å². The van der Waals surface area contributed by atoms with Crippen LogP contribution in [0.2, 0.25) is 0 Å². The molecule has 0 saturated carbocycles. The molecule has 1 aliphatic heterocycles. The normalized spacial score (nSPS) is 19.8. The summed E-state index contributed by atoms with van der Waals surface area (Å²) in [5.41, 5.74) is 1.40. The topological polar surface area (TPSA) is 95.6 Å². The molecule has 1 saturated heterocycles. The summed E-state index contributed by atoms with van der Waals surface area (Å²) in [6.45, 7) is 5.28. The van der Waals surface area contributed by atoms with Crippen molar-refractivity contribution in [1.29, 1.82) is 0 Å². The summed E-state index contributed by atoms with van der Waals surface area (Å²) in [5, 5.41) is 5.39. The van der Waals surface area contributed by atoms with Gasteiger partial charge in [-0.1, -0.05) is 12.5 Å². The Balaban J connectivity index is 1.74. The average molecular weight is 430 g/mol. The summed E-state index contributed by atoms with van der Waals surface area (Å²) in [6, 6.07) is 12.7. The number of nitrogens with one attached hydrogen (secondary N) is 2. The second-order valence-corrected chi connectivity index (χ2v) is 9.55. The monoisotopic (exact) mass is 429 g/mol. The molecule has 1 fully saturated rings. The number of carbonyl (C=O) groups excluding carboxylic acids is 2. The first-order valence-corrected chi connectivity index (χ1v) is 11.4. The van der Waals surface area contributed by atoms with Crippen LogP contribution in [0.1, 0.15) is 50.4 Å². The number of hydrogen-bond acceptors (Lipinski definition) is 4. The minimum atomic E-state index is -3.59. The Kier molecular flexibility index (Phi) is 6.58. The van der Waals surface area contributed by atoms with E-state index in [1.54, 1.807) is 40.7 Å². The first kappa shape index (κ1) is 22.0. The lowest BCUT2D eigenvalue weighted by molar-refractivity contribution is -0.114. The molecule has 0 radical (unpaired) electrons. The van der Waals surface area contributed by atoms with Crippen LogP contribution in [0, 0.1) is 0 Å². The van der Waals surface area contributed by atoms with Gasteiger partial charge in [-0.05, 0) is 69.2 Å². The maximum Gasteiger partial charge on any atom is 0.255 e. The molecule has 0 aliphatic carbocycles. The third-order valence-electron chi connectivity index (χ3n) is 5.25. The molecule has 3 rings (SSSR count). The molecule has 1 aliphatic rings. The molecular weight excluding hydrogens is 402 g/mol. The van der Waals surface area contributed by atoms with Gasteiger partial charge in [0, 0.05) is 35.9 Å². The van der Waals surface area contributed by atoms with Gasteiger partial charge < -0.3 is 10.6 Å². The highest BCUT2D eigenvalue weighted by atomic mass is 32.2. The number of carbonyl (C=O) groups is 2. The number of piperidine rings is 1. The highest BCUT2D eigenvalue weighted by Crippen LogP contribution is 2.30. The fourth-order valence-electron chi connectivity index (χ4n) is 3.85. The van der Waals surface area contributed by atoms with Gasteiger partial charge in [0.15, 0.2) is 0 Å². The third kappa shape index (κ3) is 4.88. The van der Waals surface area contributed by atoms with Crippen LogP contribution in [0.15, 0.2) is 53.4 Å². The van der Waals surface area contributed by atoms with Crippen molar-refractivity contribution < 1.29 is 18.0 Å². The second kappa shape index (κ2) is 8.97. The standard InChI is InChI=1S/C22H27N3O4S/c1-15-6-4-7-16(2)25(15)30(28,29)21-12-10-19(11-13-21)24-22(27)18-8-5-9-20(14-18)23-17(3)26/h5,8-16H,4,6-7H2,1-3H3,(H,23,26)(H,24,27)/t15-,16+. The van der Waals surface area contributed by atoms with E-state index in [4.69, 9.17) is 0 Å². The fourth-order valence-corrected chi connectivity index (χ4v) is 5.73. The van der Waals surface area contributed by atoms with E-state index in [-0.39, 0.29) is 28.8 Å². The number of benzene rings is 2. The van der Waals surface area contributed by atoms with Crippen molar-refractivity contribution in [3.05, 3.63) is 54.1 Å². The number of nitrogens with zero attached hydrogens (tertiary/aromatic N) is 1. The van der Waals surface area contributed by atoms with Gasteiger partial charge in [0.1, 0.15) is 0 Å². The zero-order chi connectivity index (χ0) is 21.9. The van der Waals surface area contributed by atoms with E-state index < -0.39 is 10.0 Å². The Labute approximate surface area is 177 Å². The maximum atomic E-state index is 13.1. The largest absolute Gasteiger partial charge is 0.326 e. The molecule has 7 nitrogen and oxygen atoms in total. The summed E-state index contributed by atoms with van der Waals surface area (Å²) in [6.07, 6.45) is 2.74. The lowest BCUT2D eigenvalue weighted by Crippen LogP contribution is -2.47. The molecule has 2 N–H and O–H groups in total. The van der Waals surface area contributed by atoms with Gasteiger partial charge in [-0.25, -0.2) is 8.42 Å². The third-order valence-corrected chi connectivity index (χ3v) is 7.39. The van der Waals surface area contributed by atoms with E-state index >= 15 is 0 Å². The van der Waals surface area contributed by atoms with Gasteiger partial charge in [0.05, 0.1) is 4.90 Å². The summed E-state index contributed by atoms with van der Waals surface area (Å²) in [4.78, 5) is 23.9. The van der Waals surface area contributed by atoms with Gasteiger partial charge in [-0.15, -0.1) is 0 Å². The molecular formula is C22H27N3O4S. The highest BCUT2D eigenvalue weighted by molar-refractivity contribution is 7.89. The predicted octanol–water partition coefficient (Wildman–Crippen LogP) is 3.85. The van der Waals surface area contributed by atoms with Crippen molar-refractivity contribution in [3.63, 3.8) is 0 Å². The van der Waals surface area contributed by atoms with Crippen LogP contribution in [0.4, 0.5) is 11.4 Å². The Morgan fingerprint density at radius 2 is 1.57 bits per heavy atom. The van der Waals surface area contributed by atoms with E-state index in [0.717, 1.165) is 19.3 Å². The van der Waals surface area contributed by atoms with Crippen LogP contribution < -0.4 is 10.6 Å². The highest BCUT2D eigenvalue weighted by Gasteiger charge is 2.35. The minimum absolute atomic E-state index is 0.0333. The van der Waals surface area contributed by atoms with E-state index in [0.29, 0.717) is 16.9 Å². The smallest absolute Gasteiger partial charge is 0.255 e. The van der Waals surface area contributed by atoms with E-state index in [1.807, 2.05) is 13.8 Å². The zero-order valence-electron chi connectivity index (χ0n) is 17.4. The van der Waals surface area contributed by atoms with Crippen LogP contribution in [0.25, 0.3) is 0 Å². The Morgan fingerprint density at radius 1 is 0.933 bits per heavy atom. The fraction of sp³-hybridized carbons (Fsp3) is 0.364. The zero-order valence-corrected chi connectivity index (χ0v) is 18.2. The predicted molar refractivity (Wildman–Crippen MR) is 117 cm³/mol. The van der Waals surface area contributed by atoms with Crippen LogP contribution >= 0.6 is 0 Å². The minimum Gasteiger partial charge on any atom is -0.326 e. The van der Waals surface area contributed by atoms with Crippen LogP contribution in [-0.2, 0) is 14.8 Å². The van der Waals surface area contributed by atoms with Crippen molar-refractivity contribution in [3.8, 4) is 0 Å². The molecule has 0 bridgehead atoms. The van der Waals surface area contributed by atoms with Crippen molar-refractivity contribution in [1.82, 2.24) is 4.31 Å². The summed E-state index contributed by atoms with van der Waals surface area (Å²) in [5.74, 6) is -0.571. The molecule has 2 amide bonds. The van der Waals surface area contributed by atoms with Gasteiger partial charge >= 0.3 is 0 Å². The van der Waals surface area contributed by atoms with E-state index in [2.05, 4.69) is 10.6 Å². The molecule has 8 heteroatoms. The summed E-state index contributed by atoms with van der Waals surface area (Å²) in [7, 11) is -3.59. The molecule has 0 unspecified atom stereocenters. The Bertz CT molecular complexity index is 1020. The summed E-state index contributed by atoms with van der Waals surface area (Å²) < 4.78 is 27.8. The molecule has 2 aromatic rings.